The predicted molar refractivity (Wildman–Crippen MR) is 95.5 cm³/mol. The molecule has 0 bridgehead atoms. The van der Waals surface area contributed by atoms with Crippen molar-refractivity contribution in [2.24, 2.45) is 0 Å². The van der Waals surface area contributed by atoms with E-state index >= 15 is 0 Å². The zero-order valence-electron chi connectivity index (χ0n) is 13.3. The summed E-state index contributed by atoms with van der Waals surface area (Å²) >= 11 is 5.24. The minimum atomic E-state index is -0.199. The molecule has 2 aromatic carbocycles. The smallest absolute Gasteiger partial charge is 0.257 e. The normalized spacial score (nSPS) is 10.2. The van der Waals surface area contributed by atoms with E-state index in [2.05, 4.69) is 10.6 Å². The third-order valence-corrected chi connectivity index (χ3v) is 3.56. The first-order valence-corrected chi connectivity index (χ1v) is 7.54. The molecule has 0 aliphatic carbocycles. The zero-order valence-corrected chi connectivity index (χ0v) is 14.1. The molecule has 2 rings (SSSR count). The fourth-order valence-electron chi connectivity index (χ4n) is 2.31. The van der Waals surface area contributed by atoms with E-state index < -0.39 is 0 Å². The van der Waals surface area contributed by atoms with Gasteiger partial charge in [0.2, 0.25) is 0 Å². The SMILES string of the molecule is Cc1cc(C)cc(C(=O)NC(=S)Nc2cc(C)ccc2C)c1. The quantitative estimate of drug-likeness (QED) is 0.822. The van der Waals surface area contributed by atoms with Gasteiger partial charge >= 0.3 is 0 Å². The van der Waals surface area contributed by atoms with Crippen molar-refractivity contribution in [1.82, 2.24) is 5.32 Å². The van der Waals surface area contributed by atoms with Crippen molar-refractivity contribution in [2.75, 3.05) is 5.32 Å². The number of anilines is 1. The van der Waals surface area contributed by atoms with Crippen LogP contribution in [0.15, 0.2) is 36.4 Å². The number of carbonyl (C=O) groups excluding carboxylic acids is 1. The van der Waals surface area contributed by atoms with Crippen LogP contribution in [0, 0.1) is 27.7 Å². The number of rotatable bonds is 2. The maximum absolute atomic E-state index is 12.3. The molecule has 0 aliphatic heterocycles. The Balaban J connectivity index is 2.08. The standard InChI is InChI=1S/C18H20N2OS/c1-11-5-6-14(4)16(10-11)19-18(22)20-17(21)15-8-12(2)7-13(3)9-15/h5-10H,1-4H3,(H2,19,20,21,22). The van der Waals surface area contributed by atoms with Gasteiger partial charge in [0.1, 0.15) is 0 Å². The molecule has 0 atom stereocenters. The summed E-state index contributed by atoms with van der Waals surface area (Å²) in [6.45, 7) is 7.95. The van der Waals surface area contributed by atoms with Gasteiger partial charge in [-0.2, -0.15) is 0 Å². The molecule has 2 aromatic rings. The molecular formula is C18H20N2OS. The van der Waals surface area contributed by atoms with Gasteiger partial charge in [-0.3, -0.25) is 10.1 Å². The lowest BCUT2D eigenvalue weighted by molar-refractivity contribution is 0.0977. The molecular weight excluding hydrogens is 292 g/mol. The number of amides is 1. The summed E-state index contributed by atoms with van der Waals surface area (Å²) in [6.07, 6.45) is 0. The van der Waals surface area contributed by atoms with E-state index in [0.717, 1.165) is 27.9 Å². The van der Waals surface area contributed by atoms with E-state index in [1.54, 1.807) is 0 Å². The highest BCUT2D eigenvalue weighted by atomic mass is 32.1. The van der Waals surface area contributed by atoms with E-state index in [4.69, 9.17) is 12.2 Å². The van der Waals surface area contributed by atoms with Gasteiger partial charge in [-0.15, -0.1) is 0 Å². The van der Waals surface area contributed by atoms with E-state index in [1.165, 1.54) is 0 Å². The van der Waals surface area contributed by atoms with E-state index in [1.807, 2.05) is 64.1 Å². The molecule has 0 saturated heterocycles. The van der Waals surface area contributed by atoms with Crippen LogP contribution in [0.2, 0.25) is 0 Å². The lowest BCUT2D eigenvalue weighted by Gasteiger charge is -2.13. The summed E-state index contributed by atoms with van der Waals surface area (Å²) in [5.74, 6) is -0.199. The van der Waals surface area contributed by atoms with Crippen LogP contribution in [-0.4, -0.2) is 11.0 Å². The minimum Gasteiger partial charge on any atom is -0.332 e. The number of carbonyl (C=O) groups is 1. The molecule has 0 aliphatic rings. The highest BCUT2D eigenvalue weighted by molar-refractivity contribution is 7.80. The van der Waals surface area contributed by atoms with Gasteiger partial charge in [0.05, 0.1) is 0 Å². The molecule has 4 heteroatoms. The van der Waals surface area contributed by atoms with Gasteiger partial charge in [-0.25, -0.2) is 0 Å². The lowest BCUT2D eigenvalue weighted by atomic mass is 10.1. The van der Waals surface area contributed by atoms with Gasteiger partial charge in [0.25, 0.3) is 5.91 Å². The molecule has 0 saturated carbocycles. The molecule has 0 fully saturated rings. The average Bonchev–Trinajstić information content (AvgIpc) is 2.41. The van der Waals surface area contributed by atoms with Gasteiger partial charge in [-0.05, 0) is 69.2 Å². The van der Waals surface area contributed by atoms with Crippen molar-refractivity contribution in [3.63, 3.8) is 0 Å². The Bertz CT molecular complexity index is 718. The molecule has 3 nitrogen and oxygen atoms in total. The number of aryl methyl sites for hydroxylation is 4. The monoisotopic (exact) mass is 312 g/mol. The Morgan fingerprint density at radius 3 is 2.18 bits per heavy atom. The topological polar surface area (TPSA) is 41.1 Å². The van der Waals surface area contributed by atoms with Crippen LogP contribution < -0.4 is 10.6 Å². The van der Waals surface area contributed by atoms with Gasteiger partial charge < -0.3 is 5.32 Å². The maximum atomic E-state index is 12.3. The summed E-state index contributed by atoms with van der Waals surface area (Å²) < 4.78 is 0. The van der Waals surface area contributed by atoms with Gasteiger partial charge in [-0.1, -0.05) is 29.3 Å². The van der Waals surface area contributed by atoms with Crippen LogP contribution in [0.3, 0.4) is 0 Å². The minimum absolute atomic E-state index is 0.199. The van der Waals surface area contributed by atoms with Crippen LogP contribution >= 0.6 is 12.2 Å². The van der Waals surface area contributed by atoms with Crippen molar-refractivity contribution in [1.29, 1.82) is 0 Å². The van der Waals surface area contributed by atoms with Crippen LogP contribution in [0.25, 0.3) is 0 Å². The lowest BCUT2D eigenvalue weighted by Crippen LogP contribution is -2.34. The van der Waals surface area contributed by atoms with Crippen LogP contribution in [-0.2, 0) is 0 Å². The molecule has 1 amide bonds. The van der Waals surface area contributed by atoms with Crippen molar-refractivity contribution in [2.45, 2.75) is 27.7 Å². The Morgan fingerprint density at radius 1 is 0.909 bits per heavy atom. The number of nitrogens with one attached hydrogen (secondary N) is 2. The summed E-state index contributed by atoms with van der Waals surface area (Å²) in [4.78, 5) is 12.3. The van der Waals surface area contributed by atoms with Crippen molar-refractivity contribution < 1.29 is 4.79 Å². The molecule has 0 heterocycles. The Hall–Kier alpha value is -2.20. The first-order valence-electron chi connectivity index (χ1n) is 7.13. The summed E-state index contributed by atoms with van der Waals surface area (Å²) in [5.41, 5.74) is 5.84. The summed E-state index contributed by atoms with van der Waals surface area (Å²) in [6, 6.07) is 11.8. The third-order valence-electron chi connectivity index (χ3n) is 3.35. The molecule has 0 spiro atoms. The van der Waals surface area contributed by atoms with Crippen molar-refractivity contribution in [3.05, 3.63) is 64.2 Å². The number of benzene rings is 2. The average molecular weight is 312 g/mol. The number of hydrogen-bond donors (Lipinski definition) is 2. The fraction of sp³-hybridized carbons (Fsp3) is 0.222. The maximum Gasteiger partial charge on any atom is 0.257 e. The second-order valence-electron chi connectivity index (χ2n) is 5.60. The molecule has 0 unspecified atom stereocenters. The summed E-state index contributed by atoms with van der Waals surface area (Å²) in [7, 11) is 0. The predicted octanol–water partition coefficient (Wildman–Crippen LogP) is 4.05. The highest BCUT2D eigenvalue weighted by Crippen LogP contribution is 2.16. The first-order chi connectivity index (χ1) is 10.3. The molecule has 0 radical (unpaired) electrons. The Labute approximate surface area is 136 Å². The van der Waals surface area contributed by atoms with Gasteiger partial charge in [0, 0.05) is 11.3 Å². The molecule has 0 aromatic heterocycles. The number of thiocarbonyl (C=S) groups is 1. The molecule has 2 N–H and O–H groups in total. The Kier molecular flexibility index (Phi) is 4.93. The fourth-order valence-corrected chi connectivity index (χ4v) is 2.51. The van der Waals surface area contributed by atoms with E-state index in [-0.39, 0.29) is 5.91 Å². The first kappa shape index (κ1) is 16.2. The second-order valence-corrected chi connectivity index (χ2v) is 6.01. The second kappa shape index (κ2) is 6.71. The van der Waals surface area contributed by atoms with Gasteiger partial charge in [0.15, 0.2) is 5.11 Å². The van der Waals surface area contributed by atoms with Crippen molar-refractivity contribution in [3.8, 4) is 0 Å². The summed E-state index contributed by atoms with van der Waals surface area (Å²) in [5, 5.41) is 6.11. The van der Waals surface area contributed by atoms with Crippen molar-refractivity contribution >= 4 is 28.9 Å². The number of hydrogen-bond acceptors (Lipinski definition) is 2. The zero-order chi connectivity index (χ0) is 16.3. The van der Waals surface area contributed by atoms with E-state index in [0.29, 0.717) is 10.7 Å². The van der Waals surface area contributed by atoms with Crippen LogP contribution in [0.4, 0.5) is 5.69 Å². The Morgan fingerprint density at radius 2 is 1.55 bits per heavy atom. The third kappa shape index (κ3) is 4.15. The van der Waals surface area contributed by atoms with E-state index in [9.17, 15) is 4.79 Å². The van der Waals surface area contributed by atoms with Crippen LogP contribution in [0.1, 0.15) is 32.6 Å². The highest BCUT2D eigenvalue weighted by Gasteiger charge is 2.09. The largest absolute Gasteiger partial charge is 0.332 e. The van der Waals surface area contributed by atoms with Crippen LogP contribution in [0.5, 0.6) is 0 Å². The molecule has 114 valence electrons. The molecule has 22 heavy (non-hydrogen) atoms.